The van der Waals surface area contributed by atoms with Crippen LogP contribution in [-0.4, -0.2) is 43.0 Å². The van der Waals surface area contributed by atoms with E-state index in [4.69, 9.17) is 14.1 Å². The Morgan fingerprint density at radius 2 is 2.10 bits per heavy atom. The first-order valence-electron chi connectivity index (χ1n) is 10.1. The molecule has 5 heterocycles. The lowest BCUT2D eigenvalue weighted by molar-refractivity contribution is -0.389. The Hall–Kier alpha value is -3.20. The zero-order valence-corrected chi connectivity index (χ0v) is 17.4. The monoisotopic (exact) mass is 411 g/mol. The van der Waals surface area contributed by atoms with E-state index in [0.29, 0.717) is 19.1 Å². The average molecular weight is 411 g/mol. The quantitative estimate of drug-likeness (QED) is 0.477. The van der Waals surface area contributed by atoms with Gasteiger partial charge in [0.2, 0.25) is 0 Å². The van der Waals surface area contributed by atoms with Crippen LogP contribution in [0.4, 0.5) is 5.82 Å². The number of ether oxygens (including phenoxy) is 1. The fourth-order valence-electron chi connectivity index (χ4n) is 4.01. The van der Waals surface area contributed by atoms with E-state index in [9.17, 15) is 10.1 Å². The fraction of sp³-hybridized carbons (Fsp3) is 0.429. The first-order chi connectivity index (χ1) is 14.5. The smallest absolute Gasteiger partial charge is 0.415 e. The van der Waals surface area contributed by atoms with Crippen LogP contribution >= 0.6 is 0 Å². The van der Waals surface area contributed by atoms with Gasteiger partial charge in [-0.1, -0.05) is 19.9 Å². The first kappa shape index (κ1) is 20.1. The van der Waals surface area contributed by atoms with Gasteiger partial charge in [0, 0.05) is 36.7 Å². The Labute approximate surface area is 174 Å². The number of nitro groups is 1. The largest absolute Gasteiger partial charge is 0.463 e. The summed E-state index contributed by atoms with van der Waals surface area (Å²) in [7, 11) is 0. The molecule has 0 fully saturated rings. The third-order valence-electron chi connectivity index (χ3n) is 5.22. The van der Waals surface area contributed by atoms with Crippen LogP contribution < -0.4 is 4.74 Å². The van der Waals surface area contributed by atoms with Crippen molar-refractivity contribution < 1.29 is 14.1 Å². The van der Waals surface area contributed by atoms with Crippen molar-refractivity contribution in [3.8, 4) is 17.5 Å². The number of hydrogen-bond donors (Lipinski definition) is 0. The van der Waals surface area contributed by atoms with Crippen LogP contribution in [0.2, 0.25) is 0 Å². The Bertz CT molecular complexity index is 1020. The second kappa shape index (κ2) is 7.91. The zero-order chi connectivity index (χ0) is 21.3. The van der Waals surface area contributed by atoms with E-state index in [1.165, 1.54) is 11.8 Å². The summed E-state index contributed by atoms with van der Waals surface area (Å²) in [4.78, 5) is 21.4. The van der Waals surface area contributed by atoms with Gasteiger partial charge in [-0.05, 0) is 35.6 Å². The molecular weight excluding hydrogens is 386 g/mol. The average Bonchev–Trinajstić information content (AvgIpc) is 3.45. The van der Waals surface area contributed by atoms with E-state index in [1.807, 2.05) is 39.0 Å². The van der Waals surface area contributed by atoms with Gasteiger partial charge in [-0.15, -0.1) is 0 Å². The highest BCUT2D eigenvalue weighted by molar-refractivity contribution is 5.53. The van der Waals surface area contributed by atoms with Gasteiger partial charge in [0.25, 0.3) is 0 Å². The zero-order valence-electron chi connectivity index (χ0n) is 17.4. The molecule has 0 amide bonds. The first-order valence-corrected chi connectivity index (χ1v) is 10.1. The number of fused-ring (bicyclic) bond motifs is 2. The van der Waals surface area contributed by atoms with Crippen LogP contribution in [0, 0.1) is 10.1 Å². The molecule has 0 saturated heterocycles. The highest BCUT2D eigenvalue weighted by atomic mass is 16.6. The maximum atomic E-state index is 10.9. The lowest BCUT2D eigenvalue weighted by Gasteiger charge is -2.34. The number of rotatable bonds is 4. The number of nitrogens with zero attached hydrogens (tertiary/aromatic N) is 5. The van der Waals surface area contributed by atoms with E-state index in [0.717, 1.165) is 36.7 Å². The number of aromatic nitrogens is 3. The van der Waals surface area contributed by atoms with Gasteiger partial charge in [0.15, 0.2) is 5.76 Å². The van der Waals surface area contributed by atoms with Crippen molar-refractivity contribution in [2.45, 2.75) is 45.9 Å². The molecule has 0 aliphatic carbocycles. The van der Waals surface area contributed by atoms with Gasteiger partial charge in [-0.25, -0.2) is 4.98 Å². The molecule has 3 aromatic heterocycles. The third-order valence-corrected chi connectivity index (χ3v) is 5.22. The lowest BCUT2D eigenvalue weighted by Crippen LogP contribution is -2.46. The minimum absolute atomic E-state index is 0.178. The minimum Gasteiger partial charge on any atom is -0.463 e. The molecule has 2 aliphatic rings. The van der Waals surface area contributed by atoms with Crippen molar-refractivity contribution >= 4 is 5.82 Å². The van der Waals surface area contributed by atoms with Crippen molar-refractivity contribution in [3.63, 3.8) is 0 Å². The van der Waals surface area contributed by atoms with Crippen LogP contribution in [-0.2, 0) is 19.5 Å². The molecule has 0 spiro atoms. The molecule has 9 heteroatoms. The predicted octanol–water partition coefficient (Wildman–Crippen LogP) is 3.68. The summed E-state index contributed by atoms with van der Waals surface area (Å²) in [5.74, 6) is 0.600. The molecule has 0 aromatic carbocycles. The van der Waals surface area contributed by atoms with Gasteiger partial charge in [-0.3, -0.25) is 9.47 Å². The molecular formula is C21H25N5O4. The summed E-state index contributed by atoms with van der Waals surface area (Å²) in [6.45, 7) is 8.94. The van der Waals surface area contributed by atoms with Crippen molar-refractivity contribution in [2.75, 3.05) is 13.1 Å². The van der Waals surface area contributed by atoms with Crippen molar-refractivity contribution in [2.24, 2.45) is 0 Å². The van der Waals surface area contributed by atoms with Crippen LogP contribution in [0.5, 0.6) is 6.01 Å². The van der Waals surface area contributed by atoms with Gasteiger partial charge >= 0.3 is 11.8 Å². The number of hydrogen-bond acceptors (Lipinski definition) is 7. The molecule has 0 unspecified atom stereocenters. The normalized spacial score (nSPS) is 20.0. The molecule has 1 atom stereocenters. The number of pyridine rings is 1. The van der Waals surface area contributed by atoms with Crippen LogP contribution in [0.3, 0.4) is 0 Å². The minimum atomic E-state index is -0.502. The van der Waals surface area contributed by atoms with E-state index >= 15 is 0 Å². The standard InChI is InChI=1S/C19H19N5O4.C2H6/c1-19(12-23-10-17(24(25)26)21-18(23)28-19)11-22-7-6-14-13(9-22)4-5-15(20-14)16-3-2-8-27-16;1-2/h2-5,8,10H,6-7,9,11-12H2,1H3;1-2H3/t19-;/m0./s1. The summed E-state index contributed by atoms with van der Waals surface area (Å²) in [5.41, 5.74) is 2.70. The van der Waals surface area contributed by atoms with E-state index < -0.39 is 10.5 Å². The summed E-state index contributed by atoms with van der Waals surface area (Å²) in [6.07, 6.45) is 3.95. The van der Waals surface area contributed by atoms with Crippen LogP contribution in [0.15, 0.2) is 41.1 Å². The summed E-state index contributed by atoms with van der Waals surface area (Å²) < 4.78 is 13.1. The van der Waals surface area contributed by atoms with Crippen molar-refractivity contribution in [1.29, 1.82) is 0 Å². The highest BCUT2D eigenvalue weighted by Gasteiger charge is 2.41. The van der Waals surface area contributed by atoms with E-state index in [1.54, 1.807) is 10.8 Å². The van der Waals surface area contributed by atoms with Gasteiger partial charge in [-0.2, -0.15) is 0 Å². The molecule has 9 nitrogen and oxygen atoms in total. The Morgan fingerprint density at radius 3 is 2.80 bits per heavy atom. The molecule has 5 rings (SSSR count). The Morgan fingerprint density at radius 1 is 1.27 bits per heavy atom. The molecule has 0 N–H and O–H groups in total. The van der Waals surface area contributed by atoms with Crippen molar-refractivity contribution in [3.05, 3.63) is 58.1 Å². The third kappa shape index (κ3) is 3.80. The highest BCUT2D eigenvalue weighted by Crippen LogP contribution is 2.32. The van der Waals surface area contributed by atoms with Gasteiger partial charge in [0.1, 0.15) is 17.5 Å². The predicted molar refractivity (Wildman–Crippen MR) is 110 cm³/mol. The maximum absolute atomic E-state index is 10.9. The molecule has 0 radical (unpaired) electrons. The molecule has 158 valence electrons. The van der Waals surface area contributed by atoms with Gasteiger partial charge in [0.05, 0.1) is 12.8 Å². The topological polar surface area (TPSA) is 99.5 Å². The molecule has 0 saturated carbocycles. The summed E-state index contributed by atoms with van der Waals surface area (Å²) in [5, 5.41) is 10.9. The molecule has 0 bridgehead atoms. The maximum Gasteiger partial charge on any atom is 0.415 e. The van der Waals surface area contributed by atoms with E-state index in [2.05, 4.69) is 16.0 Å². The van der Waals surface area contributed by atoms with Gasteiger partial charge < -0.3 is 19.3 Å². The number of furan rings is 1. The molecule has 2 aliphatic heterocycles. The molecule has 3 aromatic rings. The second-order valence-corrected chi connectivity index (χ2v) is 7.56. The van der Waals surface area contributed by atoms with Crippen molar-refractivity contribution in [1.82, 2.24) is 19.4 Å². The lowest BCUT2D eigenvalue weighted by atomic mass is 10.0. The Balaban J connectivity index is 0.00000106. The fourth-order valence-corrected chi connectivity index (χ4v) is 4.01. The van der Waals surface area contributed by atoms with Crippen LogP contribution in [0.1, 0.15) is 32.0 Å². The van der Waals surface area contributed by atoms with Crippen LogP contribution in [0.25, 0.3) is 11.5 Å². The second-order valence-electron chi connectivity index (χ2n) is 7.56. The SMILES string of the molecule is CC.C[C@]1(CN2CCc3nc(-c4ccco4)ccc3C2)Cn2cc([N+](=O)[O-])nc2O1. The Kier molecular flexibility index (Phi) is 5.29. The molecule has 30 heavy (non-hydrogen) atoms. The summed E-state index contributed by atoms with van der Waals surface area (Å²) in [6, 6.07) is 8.19. The summed E-state index contributed by atoms with van der Waals surface area (Å²) >= 11 is 0. The number of imidazole rings is 1. The van der Waals surface area contributed by atoms with E-state index in [-0.39, 0.29) is 5.82 Å².